The van der Waals surface area contributed by atoms with Gasteiger partial charge >= 0.3 is 0 Å². The number of nitriles is 2. The van der Waals surface area contributed by atoms with E-state index in [0.29, 0.717) is 0 Å². The summed E-state index contributed by atoms with van der Waals surface area (Å²) in [5.41, 5.74) is 0. The van der Waals surface area contributed by atoms with Crippen LogP contribution in [0.3, 0.4) is 0 Å². The van der Waals surface area contributed by atoms with Crippen LogP contribution in [0, 0.1) is 35.3 Å². The fourth-order valence-electron chi connectivity index (χ4n) is 0.686. The van der Waals surface area contributed by atoms with Crippen LogP contribution in [0.1, 0.15) is 0 Å². The van der Waals surface area contributed by atoms with Crippen molar-refractivity contribution in [1.29, 1.82) is 10.5 Å². The highest BCUT2D eigenvalue weighted by Crippen LogP contribution is 1.93. The standard InChI is InChI=1S/C8H14N.C2HN3/c1-5-7-9(3,4)8-6-2;3-1-5-2-4/h1,6H,2,7-8H2,3-4H3;5H/q+1;. The SMILES string of the molecule is C#CC[N+](C)(C)CC=C.N#CNC#N. The fraction of sp³-hybridized carbons (Fsp3) is 0.400. The van der Waals surface area contributed by atoms with E-state index in [1.165, 1.54) is 12.4 Å². The van der Waals surface area contributed by atoms with E-state index in [9.17, 15) is 0 Å². The lowest BCUT2D eigenvalue weighted by atomic mass is 10.4. The number of nitrogens with zero attached hydrogens (tertiary/aromatic N) is 3. The van der Waals surface area contributed by atoms with Crippen molar-refractivity contribution in [3.63, 3.8) is 0 Å². The van der Waals surface area contributed by atoms with E-state index in [4.69, 9.17) is 16.9 Å². The van der Waals surface area contributed by atoms with Crippen LogP contribution in [0.5, 0.6) is 0 Å². The molecule has 1 N–H and O–H groups in total. The van der Waals surface area contributed by atoms with Gasteiger partial charge in [0.2, 0.25) is 0 Å². The molecule has 0 fully saturated rings. The number of hydrogen-bond acceptors (Lipinski definition) is 3. The summed E-state index contributed by atoms with van der Waals surface area (Å²) >= 11 is 0. The van der Waals surface area contributed by atoms with Crippen LogP contribution in [0.15, 0.2) is 12.7 Å². The van der Waals surface area contributed by atoms with E-state index in [1.807, 2.05) is 6.08 Å². The number of hydrogen-bond donors (Lipinski definition) is 1. The van der Waals surface area contributed by atoms with Gasteiger partial charge in [0.15, 0.2) is 12.4 Å². The van der Waals surface area contributed by atoms with Crippen molar-refractivity contribution in [3.05, 3.63) is 12.7 Å². The van der Waals surface area contributed by atoms with Crippen molar-refractivity contribution in [2.75, 3.05) is 27.2 Å². The number of terminal acetylenes is 1. The summed E-state index contributed by atoms with van der Waals surface area (Å²) in [7, 11) is 4.17. The molecule has 0 amide bonds. The van der Waals surface area contributed by atoms with Crippen molar-refractivity contribution in [2.24, 2.45) is 0 Å². The average Bonchev–Trinajstić information content (AvgIpc) is 2.06. The maximum absolute atomic E-state index is 7.48. The Morgan fingerprint density at radius 1 is 1.43 bits per heavy atom. The van der Waals surface area contributed by atoms with Gasteiger partial charge in [0.05, 0.1) is 20.6 Å². The van der Waals surface area contributed by atoms with Crippen molar-refractivity contribution in [3.8, 4) is 24.7 Å². The summed E-state index contributed by atoms with van der Waals surface area (Å²) in [4.78, 5) is 0. The average molecular weight is 191 g/mol. The van der Waals surface area contributed by atoms with E-state index in [0.717, 1.165) is 17.6 Å². The summed E-state index contributed by atoms with van der Waals surface area (Å²) in [6.45, 7) is 5.35. The van der Waals surface area contributed by atoms with E-state index in [2.05, 4.69) is 26.6 Å². The predicted molar refractivity (Wildman–Crippen MR) is 55.2 cm³/mol. The van der Waals surface area contributed by atoms with Crippen LogP contribution >= 0.6 is 0 Å². The molecule has 0 aromatic carbocycles. The first-order chi connectivity index (χ1) is 6.54. The number of nitrogens with one attached hydrogen (secondary N) is 1. The fourth-order valence-corrected chi connectivity index (χ4v) is 0.686. The molecule has 0 aromatic rings. The second kappa shape index (κ2) is 9.13. The van der Waals surface area contributed by atoms with Crippen LogP contribution in [0.4, 0.5) is 0 Å². The summed E-state index contributed by atoms with van der Waals surface area (Å²) in [6.07, 6.45) is 9.84. The van der Waals surface area contributed by atoms with Crippen LogP contribution in [0.2, 0.25) is 0 Å². The molecule has 0 radical (unpaired) electrons. The molecule has 0 aromatic heterocycles. The molecular weight excluding hydrogens is 176 g/mol. The Labute approximate surface area is 85.6 Å². The van der Waals surface area contributed by atoms with E-state index in [-0.39, 0.29) is 0 Å². The molecule has 0 atom stereocenters. The molecule has 0 aliphatic heterocycles. The monoisotopic (exact) mass is 191 g/mol. The van der Waals surface area contributed by atoms with Gasteiger partial charge in [0, 0.05) is 0 Å². The van der Waals surface area contributed by atoms with Gasteiger partial charge in [-0.15, -0.1) is 6.42 Å². The Hall–Kier alpha value is -1.96. The van der Waals surface area contributed by atoms with Gasteiger partial charge in [-0.05, 0) is 12.0 Å². The first-order valence-corrected chi connectivity index (χ1v) is 3.93. The molecule has 74 valence electrons. The third-order valence-corrected chi connectivity index (χ3v) is 1.25. The summed E-state index contributed by atoms with van der Waals surface area (Å²) < 4.78 is 0.833. The Kier molecular flexibility index (Phi) is 9.49. The molecule has 0 saturated heterocycles. The van der Waals surface area contributed by atoms with Gasteiger partial charge in [0.1, 0.15) is 6.54 Å². The maximum Gasteiger partial charge on any atom is 0.190 e. The minimum absolute atomic E-state index is 0.770. The molecule has 0 bridgehead atoms. The third kappa shape index (κ3) is 12.7. The van der Waals surface area contributed by atoms with E-state index >= 15 is 0 Å². The molecule has 4 heteroatoms. The molecule has 0 saturated carbocycles. The van der Waals surface area contributed by atoms with Crippen LogP contribution in [-0.2, 0) is 0 Å². The lowest BCUT2D eigenvalue weighted by Gasteiger charge is -2.25. The van der Waals surface area contributed by atoms with Crippen molar-refractivity contribution < 1.29 is 4.48 Å². The molecule has 0 rings (SSSR count). The second-order valence-corrected chi connectivity index (χ2v) is 3.12. The normalized spacial score (nSPS) is 7.93. The highest BCUT2D eigenvalue weighted by atomic mass is 15.3. The molecular formula is C10H15N4+. The number of likely N-dealkylation sites (N-methyl/N-ethyl adjacent to an activating group) is 1. The first-order valence-electron chi connectivity index (χ1n) is 3.93. The van der Waals surface area contributed by atoms with E-state index in [1.54, 1.807) is 5.32 Å². The highest BCUT2D eigenvalue weighted by molar-refractivity contribution is 4.83. The maximum atomic E-state index is 7.48. The minimum atomic E-state index is 0.770. The molecule has 0 aliphatic carbocycles. The van der Waals surface area contributed by atoms with Gasteiger partial charge in [-0.2, -0.15) is 10.5 Å². The Morgan fingerprint density at radius 3 is 2.14 bits per heavy atom. The Balaban J connectivity index is 0. The lowest BCUT2D eigenvalue weighted by Crippen LogP contribution is -2.39. The van der Waals surface area contributed by atoms with Gasteiger partial charge in [-0.1, -0.05) is 6.58 Å². The van der Waals surface area contributed by atoms with E-state index < -0.39 is 0 Å². The number of rotatable bonds is 3. The highest BCUT2D eigenvalue weighted by Gasteiger charge is 2.08. The predicted octanol–water partition coefficient (Wildman–Crippen LogP) is 0.420. The molecule has 14 heavy (non-hydrogen) atoms. The zero-order chi connectivity index (χ0) is 11.4. The third-order valence-electron chi connectivity index (χ3n) is 1.25. The van der Waals surface area contributed by atoms with Crippen LogP contribution < -0.4 is 5.32 Å². The lowest BCUT2D eigenvalue weighted by molar-refractivity contribution is -0.877. The molecule has 0 aliphatic rings. The summed E-state index contributed by atoms with van der Waals surface area (Å²) in [6, 6.07) is 0. The Bertz CT molecular complexity index is 260. The molecule has 4 nitrogen and oxygen atoms in total. The van der Waals surface area contributed by atoms with Crippen LogP contribution in [0.25, 0.3) is 0 Å². The minimum Gasteiger partial charge on any atom is -0.315 e. The van der Waals surface area contributed by atoms with Crippen molar-refractivity contribution >= 4 is 0 Å². The summed E-state index contributed by atoms with van der Waals surface area (Å²) in [5, 5.41) is 16.7. The zero-order valence-corrected chi connectivity index (χ0v) is 8.62. The molecule has 0 heterocycles. The molecule has 0 spiro atoms. The van der Waals surface area contributed by atoms with Crippen molar-refractivity contribution in [1.82, 2.24) is 5.32 Å². The zero-order valence-electron chi connectivity index (χ0n) is 8.62. The van der Waals surface area contributed by atoms with Gasteiger partial charge in [-0.3, -0.25) is 0 Å². The van der Waals surface area contributed by atoms with Crippen molar-refractivity contribution in [2.45, 2.75) is 0 Å². The first kappa shape index (κ1) is 14.6. The quantitative estimate of drug-likeness (QED) is 0.231. The Morgan fingerprint density at radius 2 is 1.93 bits per heavy atom. The smallest absolute Gasteiger partial charge is 0.190 e. The topological polar surface area (TPSA) is 59.6 Å². The largest absolute Gasteiger partial charge is 0.315 e. The van der Waals surface area contributed by atoms with Crippen LogP contribution in [-0.4, -0.2) is 31.7 Å². The van der Waals surface area contributed by atoms with Gasteiger partial charge in [0.25, 0.3) is 0 Å². The summed E-state index contributed by atoms with van der Waals surface area (Å²) in [5.74, 6) is 2.62. The van der Waals surface area contributed by atoms with Gasteiger partial charge < -0.3 is 4.48 Å². The molecule has 0 unspecified atom stereocenters. The van der Waals surface area contributed by atoms with Gasteiger partial charge in [-0.25, -0.2) is 5.32 Å². The second-order valence-electron chi connectivity index (χ2n) is 3.12. The number of quaternary nitrogens is 1.